The molecular formula is C38H30O10. The summed E-state index contributed by atoms with van der Waals surface area (Å²) in [5.74, 6) is -1.34. The van der Waals surface area contributed by atoms with Crippen LogP contribution < -0.4 is 9.47 Å². The van der Waals surface area contributed by atoms with E-state index < -0.39 is 48.3 Å². The van der Waals surface area contributed by atoms with Crippen LogP contribution in [0.3, 0.4) is 0 Å². The lowest BCUT2D eigenvalue weighted by Gasteiger charge is -2.17. The number of carbonyl (C=O) groups excluding carboxylic acids is 4. The molecule has 0 radical (unpaired) electrons. The fourth-order valence-electron chi connectivity index (χ4n) is 5.39. The first kappa shape index (κ1) is 32.1. The van der Waals surface area contributed by atoms with E-state index in [2.05, 4.69) is 13.2 Å². The number of esters is 4. The lowest BCUT2D eigenvalue weighted by Crippen LogP contribution is -2.36. The molecule has 6 rings (SSSR count). The lowest BCUT2D eigenvalue weighted by atomic mass is 10.0. The van der Waals surface area contributed by atoms with Gasteiger partial charge in [-0.25, -0.2) is 19.2 Å². The van der Waals surface area contributed by atoms with E-state index in [1.54, 1.807) is 97.1 Å². The maximum absolute atomic E-state index is 13.0. The molecule has 4 aromatic rings. The van der Waals surface area contributed by atoms with Gasteiger partial charge in [0, 0.05) is 12.2 Å². The molecule has 4 aromatic carbocycles. The van der Waals surface area contributed by atoms with Gasteiger partial charge in [-0.3, -0.25) is 0 Å². The van der Waals surface area contributed by atoms with Gasteiger partial charge in [-0.05, 0) is 70.8 Å². The normalized spacial score (nSPS) is 19.4. The summed E-state index contributed by atoms with van der Waals surface area (Å²) in [4.78, 5) is 48.7. The molecule has 10 nitrogen and oxygen atoms in total. The number of hydrogen-bond donors (Lipinski definition) is 0. The smallest absolute Gasteiger partial charge is 0.338 e. The highest BCUT2D eigenvalue weighted by Crippen LogP contribution is 2.32. The van der Waals surface area contributed by atoms with Crippen molar-refractivity contribution in [3.63, 3.8) is 0 Å². The van der Waals surface area contributed by atoms with Crippen LogP contribution in [0.25, 0.3) is 22.3 Å². The van der Waals surface area contributed by atoms with Crippen LogP contribution in [0, 0.1) is 0 Å². The van der Waals surface area contributed by atoms with Gasteiger partial charge in [0.2, 0.25) is 0 Å². The van der Waals surface area contributed by atoms with Crippen molar-refractivity contribution in [2.75, 3.05) is 13.2 Å². The van der Waals surface area contributed by atoms with Crippen LogP contribution in [0.15, 0.2) is 122 Å². The second-order valence-electron chi connectivity index (χ2n) is 10.9. The Morgan fingerprint density at radius 3 is 1.15 bits per heavy atom. The van der Waals surface area contributed by atoms with Crippen LogP contribution in [0.1, 0.15) is 20.7 Å². The Balaban J connectivity index is 1.00. The molecule has 0 N–H and O–H groups in total. The van der Waals surface area contributed by atoms with Gasteiger partial charge < -0.3 is 28.4 Å². The Morgan fingerprint density at radius 2 is 0.833 bits per heavy atom. The van der Waals surface area contributed by atoms with Gasteiger partial charge in [0.05, 0.1) is 24.3 Å². The predicted molar refractivity (Wildman–Crippen MR) is 173 cm³/mol. The molecule has 48 heavy (non-hydrogen) atoms. The second kappa shape index (κ2) is 14.3. The molecular weight excluding hydrogens is 616 g/mol. The van der Waals surface area contributed by atoms with Crippen molar-refractivity contribution in [2.24, 2.45) is 0 Å². The van der Waals surface area contributed by atoms with Crippen LogP contribution in [0.2, 0.25) is 0 Å². The molecule has 1 unspecified atom stereocenters. The van der Waals surface area contributed by atoms with Crippen LogP contribution >= 0.6 is 0 Å². The van der Waals surface area contributed by atoms with Gasteiger partial charge >= 0.3 is 23.9 Å². The minimum atomic E-state index is -0.664. The molecule has 2 aliphatic rings. The molecule has 2 fully saturated rings. The van der Waals surface area contributed by atoms with Crippen molar-refractivity contribution in [1.29, 1.82) is 0 Å². The first-order chi connectivity index (χ1) is 23.3. The largest absolute Gasteiger partial charge is 0.453 e. The third kappa shape index (κ3) is 7.25. The first-order valence-corrected chi connectivity index (χ1v) is 15.1. The molecule has 2 aliphatic heterocycles. The average Bonchev–Trinajstić information content (AvgIpc) is 3.71. The fourth-order valence-corrected chi connectivity index (χ4v) is 5.39. The van der Waals surface area contributed by atoms with Crippen molar-refractivity contribution in [3.05, 3.63) is 133 Å². The van der Waals surface area contributed by atoms with E-state index in [0.717, 1.165) is 34.4 Å². The highest BCUT2D eigenvalue weighted by molar-refractivity contribution is 5.91. The fraction of sp³-hybridized carbons (Fsp3) is 0.158. The van der Waals surface area contributed by atoms with Crippen LogP contribution in [-0.2, 0) is 28.5 Å². The SMILES string of the molecule is C=CC(=O)Oc1ccc(-c2ccc(C(=O)OC3CO[C@@H]4[C@@H](OC(=O)c5ccc(-c6ccc(OC(=O)C=C)cc6)cc5)CO[C@H]34)cc2)cc1. The molecule has 2 saturated heterocycles. The molecule has 0 aliphatic carbocycles. The number of benzene rings is 4. The van der Waals surface area contributed by atoms with Gasteiger partial charge in [0.15, 0.2) is 12.2 Å². The van der Waals surface area contributed by atoms with Crippen molar-refractivity contribution in [1.82, 2.24) is 0 Å². The number of rotatable bonds is 10. The van der Waals surface area contributed by atoms with E-state index in [1.807, 2.05) is 0 Å². The summed E-state index contributed by atoms with van der Waals surface area (Å²) in [5.41, 5.74) is 4.18. The summed E-state index contributed by atoms with van der Waals surface area (Å²) in [6.45, 7) is 6.97. The predicted octanol–water partition coefficient (Wildman–Crippen LogP) is 5.75. The molecule has 0 saturated carbocycles. The topological polar surface area (TPSA) is 124 Å². The van der Waals surface area contributed by atoms with E-state index in [0.29, 0.717) is 22.6 Å². The molecule has 242 valence electrons. The Morgan fingerprint density at radius 1 is 0.521 bits per heavy atom. The lowest BCUT2D eigenvalue weighted by molar-refractivity contribution is -0.129. The summed E-state index contributed by atoms with van der Waals surface area (Å²) in [6.07, 6.45) is -0.291. The van der Waals surface area contributed by atoms with E-state index in [1.165, 1.54) is 0 Å². The zero-order chi connectivity index (χ0) is 33.6. The summed E-state index contributed by atoms with van der Waals surface area (Å²) in [7, 11) is 0. The number of carbonyl (C=O) groups is 4. The first-order valence-electron chi connectivity index (χ1n) is 15.1. The zero-order valence-corrected chi connectivity index (χ0v) is 25.6. The Labute approximate surface area is 276 Å². The molecule has 0 bridgehead atoms. The molecule has 0 aromatic heterocycles. The van der Waals surface area contributed by atoms with E-state index >= 15 is 0 Å². The van der Waals surface area contributed by atoms with Crippen LogP contribution in [0.5, 0.6) is 11.5 Å². The number of ether oxygens (including phenoxy) is 6. The quantitative estimate of drug-likeness (QED) is 0.120. The molecule has 2 heterocycles. The summed E-state index contributed by atoms with van der Waals surface area (Å²) >= 11 is 0. The summed E-state index contributed by atoms with van der Waals surface area (Å²) in [5, 5.41) is 0. The maximum Gasteiger partial charge on any atom is 0.338 e. The minimum Gasteiger partial charge on any atom is -0.453 e. The van der Waals surface area contributed by atoms with Crippen LogP contribution in [0.4, 0.5) is 0 Å². The summed E-state index contributed by atoms with van der Waals surface area (Å²) < 4.78 is 33.4. The summed E-state index contributed by atoms with van der Waals surface area (Å²) in [6, 6.07) is 27.7. The minimum absolute atomic E-state index is 0.107. The van der Waals surface area contributed by atoms with Crippen molar-refractivity contribution >= 4 is 23.9 Å². The third-order valence-corrected chi connectivity index (χ3v) is 7.87. The van der Waals surface area contributed by atoms with Crippen molar-refractivity contribution < 1.29 is 47.6 Å². The Hall–Kier alpha value is -5.84. The van der Waals surface area contributed by atoms with Gasteiger partial charge in [-0.1, -0.05) is 61.7 Å². The molecule has 0 amide bonds. The molecule has 4 atom stereocenters. The zero-order valence-electron chi connectivity index (χ0n) is 25.6. The average molecular weight is 647 g/mol. The Bertz CT molecular complexity index is 1690. The standard InChI is InChI=1S/C38H30O10/c1-3-33(39)45-29-17-13-25(14-18-29)23-5-9-27(10-6-23)37(41)47-31-21-43-36-32(22-44-35(31)36)48-38(42)28-11-7-24(8-12-28)26-15-19-30(20-16-26)46-34(40)4-2/h3-20,31-32,35-36H,1-2,21-22H2/t31-,32?,35+,36+/m0/s1. The third-order valence-electron chi connectivity index (χ3n) is 7.87. The van der Waals surface area contributed by atoms with Gasteiger partial charge in [-0.2, -0.15) is 0 Å². The van der Waals surface area contributed by atoms with Crippen LogP contribution in [-0.4, -0.2) is 61.5 Å². The van der Waals surface area contributed by atoms with E-state index in [-0.39, 0.29) is 13.2 Å². The maximum atomic E-state index is 13.0. The highest BCUT2D eigenvalue weighted by Gasteiger charge is 2.51. The van der Waals surface area contributed by atoms with E-state index in [9.17, 15) is 19.2 Å². The molecule has 10 heteroatoms. The Kier molecular flexibility index (Phi) is 9.56. The number of hydrogen-bond acceptors (Lipinski definition) is 10. The number of fused-ring (bicyclic) bond motifs is 1. The van der Waals surface area contributed by atoms with E-state index in [4.69, 9.17) is 28.4 Å². The highest BCUT2D eigenvalue weighted by atomic mass is 16.7. The monoisotopic (exact) mass is 646 g/mol. The van der Waals surface area contributed by atoms with Gasteiger partial charge in [0.1, 0.15) is 23.7 Å². The van der Waals surface area contributed by atoms with Gasteiger partial charge in [0.25, 0.3) is 0 Å². The molecule has 0 spiro atoms. The van der Waals surface area contributed by atoms with Crippen molar-refractivity contribution in [3.8, 4) is 33.8 Å². The van der Waals surface area contributed by atoms with Crippen molar-refractivity contribution in [2.45, 2.75) is 24.4 Å². The van der Waals surface area contributed by atoms with Gasteiger partial charge in [-0.15, -0.1) is 0 Å². The second-order valence-corrected chi connectivity index (χ2v) is 10.9.